The van der Waals surface area contributed by atoms with Crippen LogP contribution >= 0.6 is 11.6 Å². The maximum absolute atomic E-state index is 13.3. The lowest BCUT2D eigenvalue weighted by molar-refractivity contribution is -0.119. The Balaban J connectivity index is 1.53. The van der Waals surface area contributed by atoms with E-state index in [9.17, 15) is 9.59 Å². The Kier molecular flexibility index (Phi) is 5.95. The molecule has 7 nitrogen and oxygen atoms in total. The highest BCUT2D eigenvalue weighted by Gasteiger charge is 2.36. The summed E-state index contributed by atoms with van der Waals surface area (Å²) in [5.41, 5.74) is 2.51. The topological polar surface area (TPSA) is 76.5 Å². The minimum Gasteiger partial charge on any atom is -0.497 e. The summed E-state index contributed by atoms with van der Waals surface area (Å²) in [5, 5.41) is 7.81. The van der Waals surface area contributed by atoms with E-state index >= 15 is 0 Å². The van der Waals surface area contributed by atoms with E-state index in [1.807, 2.05) is 25.1 Å². The second kappa shape index (κ2) is 8.81. The first kappa shape index (κ1) is 20.9. The molecule has 0 bridgehead atoms. The molecule has 1 aromatic heterocycles. The molecule has 160 valence electrons. The van der Waals surface area contributed by atoms with Crippen molar-refractivity contribution in [2.45, 2.75) is 25.8 Å². The molecule has 0 spiro atoms. The van der Waals surface area contributed by atoms with Gasteiger partial charge in [0.15, 0.2) is 0 Å². The zero-order valence-corrected chi connectivity index (χ0v) is 18.1. The zero-order chi connectivity index (χ0) is 22.0. The van der Waals surface area contributed by atoms with Crippen molar-refractivity contribution in [2.24, 2.45) is 0 Å². The van der Waals surface area contributed by atoms with Gasteiger partial charge in [0, 0.05) is 12.2 Å². The molecule has 0 aliphatic carbocycles. The van der Waals surface area contributed by atoms with Crippen molar-refractivity contribution in [1.82, 2.24) is 14.7 Å². The van der Waals surface area contributed by atoms with E-state index < -0.39 is 6.04 Å². The van der Waals surface area contributed by atoms with Gasteiger partial charge in [-0.05, 0) is 56.2 Å². The Morgan fingerprint density at radius 2 is 1.90 bits per heavy atom. The number of para-hydroxylation sites is 1. The smallest absolute Gasteiger partial charge is 0.258 e. The number of carbonyl (C=O) groups excluding carboxylic acids is 2. The fourth-order valence-electron chi connectivity index (χ4n) is 3.82. The second-order valence-electron chi connectivity index (χ2n) is 7.38. The molecule has 1 aliphatic rings. The van der Waals surface area contributed by atoms with E-state index in [4.69, 9.17) is 16.3 Å². The number of methoxy groups -OCH3 is 1. The fourth-order valence-corrected chi connectivity index (χ4v) is 4.04. The summed E-state index contributed by atoms with van der Waals surface area (Å²) in [6.07, 6.45) is 2.92. The lowest BCUT2D eigenvalue weighted by Crippen LogP contribution is -2.43. The molecule has 3 aromatic rings. The summed E-state index contributed by atoms with van der Waals surface area (Å²) in [4.78, 5) is 27.8. The molecule has 2 aromatic carbocycles. The van der Waals surface area contributed by atoms with Crippen LogP contribution in [0.3, 0.4) is 0 Å². The van der Waals surface area contributed by atoms with Gasteiger partial charge in [-0.25, -0.2) is 4.68 Å². The van der Waals surface area contributed by atoms with Crippen LogP contribution < -0.4 is 10.1 Å². The average molecular weight is 439 g/mol. The van der Waals surface area contributed by atoms with Gasteiger partial charge in [0.05, 0.1) is 35.3 Å². The Labute approximate surface area is 185 Å². The number of anilines is 1. The predicted molar refractivity (Wildman–Crippen MR) is 119 cm³/mol. The molecule has 31 heavy (non-hydrogen) atoms. The molecule has 2 heterocycles. The summed E-state index contributed by atoms with van der Waals surface area (Å²) in [5.74, 6) is 0.303. The number of hydrogen-bond acceptors (Lipinski definition) is 4. The van der Waals surface area contributed by atoms with Crippen LogP contribution in [0.1, 0.15) is 28.9 Å². The largest absolute Gasteiger partial charge is 0.497 e. The van der Waals surface area contributed by atoms with Crippen LogP contribution in [0, 0.1) is 6.92 Å². The Morgan fingerprint density at radius 1 is 1.16 bits per heavy atom. The van der Waals surface area contributed by atoms with E-state index in [-0.39, 0.29) is 11.8 Å². The van der Waals surface area contributed by atoms with Crippen molar-refractivity contribution in [1.29, 1.82) is 0 Å². The van der Waals surface area contributed by atoms with Gasteiger partial charge < -0.3 is 15.0 Å². The van der Waals surface area contributed by atoms with E-state index in [0.29, 0.717) is 46.4 Å². The highest BCUT2D eigenvalue weighted by Crippen LogP contribution is 2.26. The van der Waals surface area contributed by atoms with Crippen LogP contribution in [0.15, 0.2) is 54.7 Å². The number of likely N-dealkylation sites (tertiary alicyclic amines) is 1. The van der Waals surface area contributed by atoms with Crippen molar-refractivity contribution in [3.8, 4) is 11.4 Å². The quantitative estimate of drug-likeness (QED) is 0.651. The summed E-state index contributed by atoms with van der Waals surface area (Å²) in [6, 6.07) is 13.9. The third-order valence-electron chi connectivity index (χ3n) is 5.49. The van der Waals surface area contributed by atoms with Gasteiger partial charge in [0.1, 0.15) is 11.8 Å². The SMILES string of the molecule is COc1ccc(NC(=O)C2CCCN2C(=O)c2cnn(-c3ccccc3Cl)c2C)cc1. The van der Waals surface area contributed by atoms with Crippen molar-refractivity contribution in [3.63, 3.8) is 0 Å². The monoisotopic (exact) mass is 438 g/mol. The van der Waals surface area contributed by atoms with Crippen molar-refractivity contribution in [3.05, 3.63) is 71.0 Å². The molecular formula is C23H23ClN4O3. The molecule has 1 fully saturated rings. The standard InChI is InChI=1S/C23H23ClN4O3/c1-15-18(14-25-28(15)20-7-4-3-6-19(20)24)23(30)27-13-5-8-21(27)22(29)26-16-9-11-17(31-2)12-10-16/h3-4,6-7,9-12,14,21H,5,8,13H2,1-2H3,(H,26,29). The molecule has 1 atom stereocenters. The number of amides is 2. The van der Waals surface area contributed by atoms with Crippen LogP contribution in [0.5, 0.6) is 5.75 Å². The Hall–Kier alpha value is -3.32. The Bertz CT molecular complexity index is 1110. The molecule has 1 unspecified atom stereocenters. The Morgan fingerprint density at radius 3 is 2.61 bits per heavy atom. The van der Waals surface area contributed by atoms with Gasteiger partial charge in [-0.2, -0.15) is 5.10 Å². The van der Waals surface area contributed by atoms with Crippen molar-refractivity contribution in [2.75, 3.05) is 19.0 Å². The maximum atomic E-state index is 13.3. The lowest BCUT2D eigenvalue weighted by Gasteiger charge is -2.24. The summed E-state index contributed by atoms with van der Waals surface area (Å²) >= 11 is 6.29. The molecule has 1 N–H and O–H groups in total. The van der Waals surface area contributed by atoms with Gasteiger partial charge >= 0.3 is 0 Å². The first-order chi connectivity index (χ1) is 15.0. The number of nitrogens with zero attached hydrogens (tertiary/aromatic N) is 3. The minimum absolute atomic E-state index is 0.202. The molecule has 0 radical (unpaired) electrons. The molecule has 1 saturated heterocycles. The minimum atomic E-state index is -0.530. The van der Waals surface area contributed by atoms with Crippen molar-refractivity contribution >= 4 is 29.1 Å². The van der Waals surface area contributed by atoms with Crippen LogP contribution in [0.4, 0.5) is 5.69 Å². The summed E-state index contributed by atoms with van der Waals surface area (Å²) < 4.78 is 6.79. The molecular weight excluding hydrogens is 416 g/mol. The third kappa shape index (κ3) is 4.14. The van der Waals surface area contributed by atoms with Gasteiger partial charge in [-0.15, -0.1) is 0 Å². The number of aromatic nitrogens is 2. The summed E-state index contributed by atoms with van der Waals surface area (Å²) in [7, 11) is 1.59. The highest BCUT2D eigenvalue weighted by atomic mass is 35.5. The van der Waals surface area contributed by atoms with Crippen LogP contribution in [-0.4, -0.2) is 46.2 Å². The number of benzene rings is 2. The van der Waals surface area contributed by atoms with E-state index in [1.165, 1.54) is 6.20 Å². The third-order valence-corrected chi connectivity index (χ3v) is 5.81. The lowest BCUT2D eigenvalue weighted by atomic mass is 10.1. The van der Waals surface area contributed by atoms with E-state index in [2.05, 4.69) is 10.4 Å². The molecule has 0 saturated carbocycles. The first-order valence-electron chi connectivity index (χ1n) is 10.0. The van der Waals surface area contributed by atoms with Crippen molar-refractivity contribution < 1.29 is 14.3 Å². The average Bonchev–Trinajstić information content (AvgIpc) is 3.41. The first-order valence-corrected chi connectivity index (χ1v) is 10.4. The zero-order valence-electron chi connectivity index (χ0n) is 17.3. The molecule has 8 heteroatoms. The number of ether oxygens (including phenoxy) is 1. The highest BCUT2D eigenvalue weighted by molar-refractivity contribution is 6.32. The van der Waals surface area contributed by atoms with Gasteiger partial charge in [-0.1, -0.05) is 23.7 Å². The van der Waals surface area contributed by atoms with Crippen LogP contribution in [-0.2, 0) is 4.79 Å². The number of halogens is 1. The van der Waals surface area contributed by atoms with Gasteiger partial charge in [0.2, 0.25) is 5.91 Å². The second-order valence-corrected chi connectivity index (χ2v) is 7.79. The number of carbonyl (C=O) groups is 2. The predicted octanol–water partition coefficient (Wildman–Crippen LogP) is 4.09. The van der Waals surface area contributed by atoms with Gasteiger partial charge in [0.25, 0.3) is 5.91 Å². The number of nitrogens with one attached hydrogen (secondary N) is 1. The summed E-state index contributed by atoms with van der Waals surface area (Å²) in [6.45, 7) is 2.35. The van der Waals surface area contributed by atoms with Crippen LogP contribution in [0.25, 0.3) is 5.69 Å². The van der Waals surface area contributed by atoms with Gasteiger partial charge in [-0.3, -0.25) is 9.59 Å². The van der Waals surface area contributed by atoms with E-state index in [0.717, 1.165) is 6.42 Å². The number of hydrogen-bond donors (Lipinski definition) is 1. The molecule has 2 amide bonds. The normalized spacial score (nSPS) is 15.7. The fraction of sp³-hybridized carbons (Fsp3) is 0.261. The molecule has 1 aliphatic heterocycles. The van der Waals surface area contributed by atoms with Crippen LogP contribution in [0.2, 0.25) is 5.02 Å². The molecule has 4 rings (SSSR count). The number of rotatable bonds is 5. The van der Waals surface area contributed by atoms with E-state index in [1.54, 1.807) is 47.0 Å². The maximum Gasteiger partial charge on any atom is 0.258 e.